The number of hydrogen-bond acceptors (Lipinski definition) is 7. The second kappa shape index (κ2) is 6.81. The van der Waals surface area contributed by atoms with Crippen LogP contribution in [-0.4, -0.2) is 56.7 Å². The maximum Gasteiger partial charge on any atom is 0.230 e. The van der Waals surface area contributed by atoms with Gasteiger partial charge in [-0.2, -0.15) is 4.52 Å². The van der Waals surface area contributed by atoms with Gasteiger partial charge in [-0.15, -0.1) is 5.10 Å². The van der Waals surface area contributed by atoms with Crippen molar-refractivity contribution in [2.45, 2.75) is 38.5 Å². The number of fused-ring (bicyclic) bond motifs is 1. The van der Waals surface area contributed by atoms with Crippen LogP contribution in [-0.2, 0) is 9.47 Å². The van der Waals surface area contributed by atoms with Crippen molar-refractivity contribution in [1.82, 2.24) is 19.5 Å². The summed E-state index contributed by atoms with van der Waals surface area (Å²) < 4.78 is 13.3. The molecular formula is C20H24N4O3S. The van der Waals surface area contributed by atoms with Gasteiger partial charge >= 0.3 is 0 Å². The van der Waals surface area contributed by atoms with Crippen molar-refractivity contribution in [3.63, 3.8) is 0 Å². The molecule has 2 saturated heterocycles. The van der Waals surface area contributed by atoms with Crippen LogP contribution in [0.3, 0.4) is 0 Å². The van der Waals surface area contributed by atoms with E-state index in [4.69, 9.17) is 9.47 Å². The van der Waals surface area contributed by atoms with Gasteiger partial charge in [-0.3, -0.25) is 4.90 Å². The number of aryl methyl sites for hydroxylation is 2. The van der Waals surface area contributed by atoms with Crippen LogP contribution in [0.1, 0.15) is 40.7 Å². The molecule has 0 aliphatic carbocycles. The normalized spacial score (nSPS) is 20.9. The van der Waals surface area contributed by atoms with E-state index in [1.165, 1.54) is 22.5 Å². The van der Waals surface area contributed by atoms with Crippen LogP contribution in [0.15, 0.2) is 24.3 Å². The van der Waals surface area contributed by atoms with Crippen molar-refractivity contribution in [1.29, 1.82) is 0 Å². The average Bonchev–Trinajstić information content (AvgIpc) is 3.35. The number of ether oxygens (including phenoxy) is 2. The lowest BCUT2D eigenvalue weighted by Gasteiger charge is -2.41. The standard InChI is InChI=1S/C20H24N4O3S/c1-13-4-3-5-15(12-13)16(17-18(25)24-19(28-17)21-14(2)22-24)23-8-6-20(7-9-23)26-10-11-27-20/h3-5,12,16,25H,6-11H2,1-2H3. The van der Waals surface area contributed by atoms with Crippen LogP contribution < -0.4 is 0 Å². The van der Waals surface area contributed by atoms with Crippen LogP contribution in [0, 0.1) is 13.8 Å². The fourth-order valence-electron chi connectivity index (χ4n) is 4.30. The fourth-order valence-corrected chi connectivity index (χ4v) is 5.47. The van der Waals surface area contributed by atoms with Gasteiger partial charge in [-0.1, -0.05) is 41.2 Å². The van der Waals surface area contributed by atoms with Gasteiger partial charge in [0.1, 0.15) is 5.82 Å². The minimum absolute atomic E-state index is 0.0486. The minimum Gasteiger partial charge on any atom is -0.492 e. The lowest BCUT2D eigenvalue weighted by atomic mass is 9.96. The van der Waals surface area contributed by atoms with Crippen molar-refractivity contribution in [3.05, 3.63) is 46.1 Å². The molecule has 1 aromatic carbocycles. The van der Waals surface area contributed by atoms with Crippen LogP contribution in [0.25, 0.3) is 4.96 Å². The summed E-state index contributed by atoms with van der Waals surface area (Å²) in [5, 5.41) is 15.3. The molecule has 1 atom stereocenters. The first-order valence-corrected chi connectivity index (χ1v) is 10.5. The summed E-state index contributed by atoms with van der Waals surface area (Å²) >= 11 is 1.51. The van der Waals surface area contributed by atoms with Crippen molar-refractivity contribution < 1.29 is 14.6 Å². The molecule has 0 saturated carbocycles. The smallest absolute Gasteiger partial charge is 0.230 e. The molecule has 1 N–H and O–H groups in total. The monoisotopic (exact) mass is 400 g/mol. The summed E-state index contributed by atoms with van der Waals surface area (Å²) in [5.74, 6) is 0.426. The highest BCUT2D eigenvalue weighted by molar-refractivity contribution is 7.17. The first-order valence-electron chi connectivity index (χ1n) is 9.68. The number of likely N-dealkylation sites (tertiary alicyclic amines) is 1. The average molecular weight is 401 g/mol. The summed E-state index contributed by atoms with van der Waals surface area (Å²) in [6, 6.07) is 8.44. The summed E-state index contributed by atoms with van der Waals surface area (Å²) in [4.78, 5) is 8.45. The van der Waals surface area contributed by atoms with Gasteiger partial charge in [0.25, 0.3) is 0 Å². The number of benzene rings is 1. The number of aromatic hydroxyl groups is 1. The Labute approximate surface area is 167 Å². The topological polar surface area (TPSA) is 72.1 Å². The summed E-state index contributed by atoms with van der Waals surface area (Å²) in [5.41, 5.74) is 2.37. The van der Waals surface area contributed by atoms with Gasteiger partial charge in [-0.25, -0.2) is 4.98 Å². The highest BCUT2D eigenvalue weighted by Crippen LogP contribution is 2.43. The molecular weight excluding hydrogens is 376 g/mol. The van der Waals surface area contributed by atoms with E-state index in [2.05, 4.69) is 46.2 Å². The van der Waals surface area contributed by atoms with Crippen LogP contribution >= 0.6 is 11.3 Å². The third-order valence-electron chi connectivity index (χ3n) is 5.65. The third-order valence-corrected chi connectivity index (χ3v) is 6.72. The molecule has 2 aliphatic rings. The molecule has 1 spiro atoms. The molecule has 3 aromatic rings. The van der Waals surface area contributed by atoms with Gasteiger partial charge in [0, 0.05) is 25.9 Å². The second-order valence-electron chi connectivity index (χ2n) is 7.60. The number of nitrogens with zero attached hydrogens (tertiary/aromatic N) is 4. The number of hydrogen-bond donors (Lipinski definition) is 1. The molecule has 0 radical (unpaired) electrons. The molecule has 8 heteroatoms. The molecule has 0 amide bonds. The Morgan fingerprint density at radius 3 is 2.61 bits per heavy atom. The first kappa shape index (κ1) is 18.1. The van der Waals surface area contributed by atoms with E-state index < -0.39 is 5.79 Å². The molecule has 0 bridgehead atoms. The molecule has 7 nitrogen and oxygen atoms in total. The van der Waals surface area contributed by atoms with E-state index in [-0.39, 0.29) is 11.9 Å². The molecule has 2 aromatic heterocycles. The third kappa shape index (κ3) is 3.00. The van der Waals surface area contributed by atoms with Crippen LogP contribution in [0.2, 0.25) is 0 Å². The highest BCUT2D eigenvalue weighted by Gasteiger charge is 2.42. The van der Waals surface area contributed by atoms with Gasteiger partial charge in [0.05, 0.1) is 24.1 Å². The number of piperidine rings is 1. The van der Waals surface area contributed by atoms with Crippen molar-refractivity contribution in [3.8, 4) is 5.88 Å². The summed E-state index contributed by atoms with van der Waals surface area (Å²) in [6.45, 7) is 6.96. The largest absolute Gasteiger partial charge is 0.492 e. The lowest BCUT2D eigenvalue weighted by molar-refractivity contribution is -0.187. The molecule has 28 heavy (non-hydrogen) atoms. The zero-order chi connectivity index (χ0) is 19.3. The Bertz CT molecular complexity index is 998. The number of rotatable bonds is 3. The fraction of sp³-hybridized carbons (Fsp3) is 0.500. The quantitative estimate of drug-likeness (QED) is 0.729. The summed E-state index contributed by atoms with van der Waals surface area (Å²) in [7, 11) is 0. The molecule has 5 rings (SSSR count). The molecule has 4 heterocycles. The molecule has 2 fully saturated rings. The maximum absolute atomic E-state index is 10.9. The highest BCUT2D eigenvalue weighted by atomic mass is 32.1. The number of aromatic nitrogens is 3. The van der Waals surface area contributed by atoms with Crippen molar-refractivity contribution >= 4 is 16.3 Å². The Balaban J connectivity index is 1.53. The van der Waals surface area contributed by atoms with E-state index in [1.807, 2.05) is 6.92 Å². The second-order valence-corrected chi connectivity index (χ2v) is 8.61. The summed E-state index contributed by atoms with van der Waals surface area (Å²) in [6.07, 6.45) is 1.66. The van der Waals surface area contributed by atoms with Gasteiger partial charge in [-0.05, 0) is 19.4 Å². The first-order chi connectivity index (χ1) is 13.5. The predicted molar refractivity (Wildman–Crippen MR) is 106 cm³/mol. The van der Waals surface area contributed by atoms with Gasteiger partial charge < -0.3 is 14.6 Å². The van der Waals surface area contributed by atoms with Gasteiger partial charge in [0.15, 0.2) is 5.79 Å². The molecule has 148 valence electrons. The van der Waals surface area contributed by atoms with Crippen molar-refractivity contribution in [2.24, 2.45) is 0 Å². The maximum atomic E-state index is 10.9. The Morgan fingerprint density at radius 2 is 1.93 bits per heavy atom. The van der Waals surface area contributed by atoms with E-state index in [1.54, 1.807) is 4.52 Å². The van der Waals surface area contributed by atoms with E-state index >= 15 is 0 Å². The zero-order valence-corrected chi connectivity index (χ0v) is 16.9. The van der Waals surface area contributed by atoms with Gasteiger partial charge in [0.2, 0.25) is 10.8 Å². The molecule has 2 aliphatic heterocycles. The van der Waals surface area contributed by atoms with Crippen LogP contribution in [0.4, 0.5) is 0 Å². The Morgan fingerprint density at radius 1 is 1.18 bits per heavy atom. The van der Waals surface area contributed by atoms with E-state index in [0.717, 1.165) is 35.8 Å². The Kier molecular flexibility index (Phi) is 4.39. The van der Waals surface area contributed by atoms with Crippen LogP contribution in [0.5, 0.6) is 5.88 Å². The van der Waals surface area contributed by atoms with E-state index in [0.29, 0.717) is 19.0 Å². The molecule has 1 unspecified atom stereocenters. The van der Waals surface area contributed by atoms with Crippen molar-refractivity contribution in [2.75, 3.05) is 26.3 Å². The van der Waals surface area contributed by atoms with E-state index in [9.17, 15) is 5.11 Å². The predicted octanol–water partition coefficient (Wildman–Crippen LogP) is 3.04. The zero-order valence-electron chi connectivity index (χ0n) is 16.1. The number of thiazole rings is 1. The minimum atomic E-state index is -0.418. The lowest BCUT2D eigenvalue weighted by Crippen LogP contribution is -2.46. The Hall–Kier alpha value is -2.00. The SMILES string of the molecule is Cc1cccc(C(c2sc3nc(C)nn3c2O)N2CCC3(CC2)OCCO3)c1.